The van der Waals surface area contributed by atoms with Crippen molar-refractivity contribution in [1.82, 2.24) is 15.0 Å². The maximum atomic E-state index is 5.85. The Balaban J connectivity index is 2.52. The van der Waals surface area contributed by atoms with E-state index in [4.69, 9.17) is 5.73 Å². The van der Waals surface area contributed by atoms with Crippen molar-refractivity contribution in [1.29, 1.82) is 0 Å². The molecule has 0 amide bonds. The Bertz CT molecular complexity index is 528. The number of anilines is 1. The summed E-state index contributed by atoms with van der Waals surface area (Å²) in [6.07, 6.45) is 1.93. The van der Waals surface area contributed by atoms with Gasteiger partial charge >= 0.3 is 0 Å². The third-order valence-corrected chi connectivity index (χ3v) is 2.86. The molecule has 0 atom stereocenters. The minimum absolute atomic E-state index is 0.534. The van der Waals surface area contributed by atoms with Gasteiger partial charge in [-0.15, -0.1) is 5.10 Å². The normalized spacial score (nSPS) is 10.8. The van der Waals surface area contributed by atoms with Crippen molar-refractivity contribution in [3.8, 4) is 5.69 Å². The van der Waals surface area contributed by atoms with Crippen LogP contribution in [0.1, 0.15) is 30.2 Å². The molecule has 4 heteroatoms. The molecule has 0 aliphatic rings. The third-order valence-electron chi connectivity index (χ3n) is 2.86. The largest absolute Gasteiger partial charge is 0.381 e. The molecule has 0 radical (unpaired) electrons. The van der Waals surface area contributed by atoms with E-state index in [0.717, 1.165) is 24.2 Å². The number of nitrogen functional groups attached to an aromatic ring is 1. The van der Waals surface area contributed by atoms with Crippen LogP contribution in [0.15, 0.2) is 18.2 Å². The summed E-state index contributed by atoms with van der Waals surface area (Å²) in [5.74, 6) is 0.534. The van der Waals surface area contributed by atoms with Crippen molar-refractivity contribution >= 4 is 5.82 Å². The van der Waals surface area contributed by atoms with E-state index in [1.54, 1.807) is 0 Å². The highest BCUT2D eigenvalue weighted by Crippen LogP contribution is 2.20. The fourth-order valence-corrected chi connectivity index (χ4v) is 2.02. The van der Waals surface area contributed by atoms with Gasteiger partial charge in [0, 0.05) is 0 Å². The Morgan fingerprint density at radius 3 is 2.71 bits per heavy atom. The lowest BCUT2D eigenvalue weighted by Crippen LogP contribution is -2.05. The summed E-state index contributed by atoms with van der Waals surface area (Å²) in [6, 6.07) is 6.29. The number of hydrogen-bond donors (Lipinski definition) is 1. The van der Waals surface area contributed by atoms with E-state index in [9.17, 15) is 0 Å². The van der Waals surface area contributed by atoms with Gasteiger partial charge in [0.1, 0.15) is 0 Å². The molecule has 2 aromatic rings. The minimum Gasteiger partial charge on any atom is -0.381 e. The molecule has 0 fully saturated rings. The van der Waals surface area contributed by atoms with Gasteiger partial charge in [-0.05, 0) is 31.9 Å². The van der Waals surface area contributed by atoms with E-state index in [0.29, 0.717) is 5.82 Å². The molecule has 90 valence electrons. The van der Waals surface area contributed by atoms with E-state index in [-0.39, 0.29) is 0 Å². The van der Waals surface area contributed by atoms with E-state index in [2.05, 4.69) is 49.3 Å². The smallest absolute Gasteiger partial charge is 0.169 e. The summed E-state index contributed by atoms with van der Waals surface area (Å²) >= 11 is 0. The van der Waals surface area contributed by atoms with Crippen molar-refractivity contribution in [3.05, 3.63) is 35.0 Å². The number of nitrogens with zero attached hydrogens (tertiary/aromatic N) is 3. The predicted molar refractivity (Wildman–Crippen MR) is 69.2 cm³/mol. The van der Waals surface area contributed by atoms with Crippen LogP contribution in [-0.2, 0) is 6.42 Å². The van der Waals surface area contributed by atoms with Crippen LogP contribution in [-0.4, -0.2) is 15.0 Å². The molecule has 1 heterocycles. The number of aromatic nitrogens is 3. The molecule has 0 aliphatic heterocycles. The number of aryl methyl sites for hydroxylation is 2. The second-order valence-corrected chi connectivity index (χ2v) is 4.37. The summed E-state index contributed by atoms with van der Waals surface area (Å²) in [6.45, 7) is 6.29. The first-order valence-electron chi connectivity index (χ1n) is 5.91. The van der Waals surface area contributed by atoms with Crippen LogP contribution < -0.4 is 5.73 Å². The van der Waals surface area contributed by atoms with Gasteiger partial charge in [0.15, 0.2) is 5.82 Å². The molecular weight excluding hydrogens is 212 g/mol. The fourth-order valence-electron chi connectivity index (χ4n) is 2.02. The van der Waals surface area contributed by atoms with Gasteiger partial charge in [0.05, 0.1) is 11.4 Å². The van der Waals surface area contributed by atoms with Crippen molar-refractivity contribution in [2.24, 2.45) is 0 Å². The molecule has 0 spiro atoms. The Hall–Kier alpha value is -1.84. The first kappa shape index (κ1) is 11.6. The maximum Gasteiger partial charge on any atom is 0.169 e. The standard InChI is InChI=1S/C13H18N4/c1-4-5-12-13(14)15-16-17(12)11-7-6-9(2)8-10(11)3/h6-8H,4-5,14H2,1-3H3. The number of rotatable bonds is 3. The summed E-state index contributed by atoms with van der Waals surface area (Å²) in [5, 5.41) is 8.10. The van der Waals surface area contributed by atoms with Gasteiger partial charge < -0.3 is 5.73 Å². The van der Waals surface area contributed by atoms with E-state index < -0.39 is 0 Å². The van der Waals surface area contributed by atoms with Gasteiger partial charge in [-0.25, -0.2) is 4.68 Å². The summed E-state index contributed by atoms with van der Waals surface area (Å²) in [5.41, 5.74) is 10.3. The van der Waals surface area contributed by atoms with Gasteiger partial charge in [-0.1, -0.05) is 36.3 Å². The predicted octanol–water partition coefficient (Wildman–Crippen LogP) is 2.42. The molecule has 0 bridgehead atoms. The quantitative estimate of drug-likeness (QED) is 0.881. The van der Waals surface area contributed by atoms with Crippen molar-refractivity contribution in [2.75, 3.05) is 5.73 Å². The maximum absolute atomic E-state index is 5.85. The van der Waals surface area contributed by atoms with Crippen LogP contribution in [0, 0.1) is 13.8 Å². The molecule has 0 saturated heterocycles. The summed E-state index contributed by atoms with van der Waals surface area (Å²) in [7, 11) is 0. The van der Waals surface area contributed by atoms with E-state index in [1.165, 1.54) is 11.1 Å². The molecule has 0 saturated carbocycles. The lowest BCUT2D eigenvalue weighted by Gasteiger charge is -2.09. The van der Waals surface area contributed by atoms with Crippen LogP contribution in [0.5, 0.6) is 0 Å². The second-order valence-electron chi connectivity index (χ2n) is 4.37. The highest BCUT2D eigenvalue weighted by atomic mass is 15.4. The highest BCUT2D eigenvalue weighted by molar-refractivity contribution is 5.46. The Morgan fingerprint density at radius 1 is 1.29 bits per heavy atom. The van der Waals surface area contributed by atoms with Crippen LogP contribution in [0.4, 0.5) is 5.82 Å². The number of benzene rings is 1. The van der Waals surface area contributed by atoms with Crippen LogP contribution in [0.3, 0.4) is 0 Å². The van der Waals surface area contributed by atoms with Crippen molar-refractivity contribution in [2.45, 2.75) is 33.6 Å². The zero-order chi connectivity index (χ0) is 12.4. The zero-order valence-corrected chi connectivity index (χ0v) is 10.6. The zero-order valence-electron chi connectivity index (χ0n) is 10.6. The molecule has 0 unspecified atom stereocenters. The summed E-state index contributed by atoms with van der Waals surface area (Å²) < 4.78 is 1.85. The first-order chi connectivity index (χ1) is 8.13. The molecule has 1 aromatic carbocycles. The van der Waals surface area contributed by atoms with E-state index in [1.807, 2.05) is 4.68 Å². The Labute approximate surface area is 101 Å². The topological polar surface area (TPSA) is 56.7 Å². The lowest BCUT2D eigenvalue weighted by molar-refractivity contribution is 0.742. The third kappa shape index (κ3) is 2.16. The Morgan fingerprint density at radius 2 is 2.06 bits per heavy atom. The average molecular weight is 230 g/mol. The van der Waals surface area contributed by atoms with Crippen LogP contribution in [0.2, 0.25) is 0 Å². The van der Waals surface area contributed by atoms with Crippen LogP contribution in [0.25, 0.3) is 5.69 Å². The SMILES string of the molecule is CCCc1c(N)nnn1-c1ccc(C)cc1C. The number of hydrogen-bond acceptors (Lipinski definition) is 3. The minimum atomic E-state index is 0.534. The van der Waals surface area contributed by atoms with Crippen molar-refractivity contribution < 1.29 is 0 Å². The molecule has 2 N–H and O–H groups in total. The number of nitrogens with two attached hydrogens (primary N) is 1. The second kappa shape index (κ2) is 4.57. The first-order valence-corrected chi connectivity index (χ1v) is 5.91. The van der Waals surface area contributed by atoms with Gasteiger partial charge in [0.25, 0.3) is 0 Å². The molecule has 2 rings (SSSR count). The molecule has 4 nitrogen and oxygen atoms in total. The summed E-state index contributed by atoms with van der Waals surface area (Å²) in [4.78, 5) is 0. The Kier molecular flexibility index (Phi) is 3.13. The molecular formula is C13H18N4. The average Bonchev–Trinajstić information content (AvgIpc) is 2.62. The van der Waals surface area contributed by atoms with Gasteiger partial charge in [0.2, 0.25) is 0 Å². The monoisotopic (exact) mass is 230 g/mol. The van der Waals surface area contributed by atoms with Crippen LogP contribution >= 0.6 is 0 Å². The highest BCUT2D eigenvalue weighted by Gasteiger charge is 2.12. The van der Waals surface area contributed by atoms with Gasteiger partial charge in [-0.3, -0.25) is 0 Å². The molecule has 0 aliphatic carbocycles. The van der Waals surface area contributed by atoms with Gasteiger partial charge in [-0.2, -0.15) is 0 Å². The van der Waals surface area contributed by atoms with Crippen molar-refractivity contribution in [3.63, 3.8) is 0 Å². The fraction of sp³-hybridized carbons (Fsp3) is 0.385. The van der Waals surface area contributed by atoms with E-state index >= 15 is 0 Å². The lowest BCUT2D eigenvalue weighted by atomic mass is 10.1. The molecule has 1 aromatic heterocycles. The molecule has 17 heavy (non-hydrogen) atoms.